The predicted molar refractivity (Wildman–Crippen MR) is 64.3 cm³/mol. The summed E-state index contributed by atoms with van der Waals surface area (Å²) >= 11 is 0. The predicted octanol–water partition coefficient (Wildman–Crippen LogP) is 0.681. The van der Waals surface area contributed by atoms with E-state index in [-0.39, 0.29) is 17.7 Å². The van der Waals surface area contributed by atoms with Crippen molar-refractivity contribution in [1.82, 2.24) is 4.90 Å². The van der Waals surface area contributed by atoms with E-state index in [1.165, 1.54) is 4.90 Å². The maximum absolute atomic E-state index is 12.1. The van der Waals surface area contributed by atoms with Crippen LogP contribution in [0.2, 0.25) is 0 Å². The Morgan fingerprint density at radius 1 is 1.41 bits per heavy atom. The molecule has 2 unspecified atom stereocenters. The summed E-state index contributed by atoms with van der Waals surface area (Å²) in [7, 11) is 0. The lowest BCUT2D eigenvalue weighted by Crippen LogP contribution is -2.57. The van der Waals surface area contributed by atoms with Gasteiger partial charge in [0.25, 0.3) is 0 Å². The minimum Gasteiger partial charge on any atom is -0.480 e. The van der Waals surface area contributed by atoms with Crippen LogP contribution in [-0.2, 0) is 9.59 Å². The first-order chi connectivity index (χ1) is 7.86. The Balaban J connectivity index is 2.86. The lowest BCUT2D eigenvalue weighted by Gasteiger charge is -2.39. The zero-order valence-corrected chi connectivity index (χ0v) is 10.7. The van der Waals surface area contributed by atoms with Crippen molar-refractivity contribution in [2.75, 3.05) is 6.54 Å². The fourth-order valence-electron chi connectivity index (χ4n) is 2.29. The normalized spacial score (nSPS) is 27.0. The number of nitrogens with two attached hydrogens (primary N) is 1. The molecule has 0 aromatic heterocycles. The molecule has 98 valence electrons. The van der Waals surface area contributed by atoms with Gasteiger partial charge in [-0.25, -0.2) is 4.79 Å². The molecule has 1 aliphatic heterocycles. The first-order valence-electron chi connectivity index (χ1n) is 6.15. The van der Waals surface area contributed by atoms with Crippen LogP contribution in [0.3, 0.4) is 0 Å². The minimum atomic E-state index is -0.929. The first kappa shape index (κ1) is 14.0. The zero-order valence-electron chi connectivity index (χ0n) is 10.7. The molecule has 1 saturated heterocycles. The Bertz CT molecular complexity index is 304. The van der Waals surface area contributed by atoms with Crippen LogP contribution in [0, 0.1) is 11.8 Å². The van der Waals surface area contributed by atoms with E-state index in [0.29, 0.717) is 6.54 Å². The van der Waals surface area contributed by atoms with Gasteiger partial charge < -0.3 is 15.7 Å². The molecule has 1 fully saturated rings. The SMILES string of the molecule is CC1CCCN(C(=O)[C@H](N)C(C)C)C1C(=O)O. The molecule has 1 amide bonds. The van der Waals surface area contributed by atoms with Crippen molar-refractivity contribution in [1.29, 1.82) is 0 Å². The summed E-state index contributed by atoms with van der Waals surface area (Å²) in [6.07, 6.45) is 1.69. The summed E-state index contributed by atoms with van der Waals surface area (Å²) in [5, 5.41) is 9.21. The molecule has 1 aliphatic rings. The van der Waals surface area contributed by atoms with Gasteiger partial charge in [-0.05, 0) is 24.7 Å². The van der Waals surface area contributed by atoms with Crippen molar-refractivity contribution < 1.29 is 14.7 Å². The van der Waals surface area contributed by atoms with E-state index in [0.717, 1.165) is 12.8 Å². The smallest absolute Gasteiger partial charge is 0.326 e. The molecule has 0 spiro atoms. The van der Waals surface area contributed by atoms with Gasteiger partial charge in [-0.2, -0.15) is 0 Å². The molecular formula is C12H22N2O3. The lowest BCUT2D eigenvalue weighted by atomic mass is 9.89. The number of rotatable bonds is 3. The first-order valence-corrected chi connectivity index (χ1v) is 6.15. The quantitative estimate of drug-likeness (QED) is 0.762. The molecule has 3 N–H and O–H groups in total. The number of nitrogens with zero attached hydrogens (tertiary/aromatic N) is 1. The lowest BCUT2D eigenvalue weighted by molar-refractivity contribution is -0.155. The Morgan fingerprint density at radius 3 is 2.47 bits per heavy atom. The van der Waals surface area contributed by atoms with Gasteiger partial charge >= 0.3 is 5.97 Å². The number of amides is 1. The number of hydrogen-bond acceptors (Lipinski definition) is 3. The molecule has 0 aromatic rings. The summed E-state index contributed by atoms with van der Waals surface area (Å²) in [5.74, 6) is -1.15. The number of carboxylic acid groups (broad SMARTS) is 1. The highest BCUT2D eigenvalue weighted by atomic mass is 16.4. The van der Waals surface area contributed by atoms with Crippen LogP contribution < -0.4 is 5.73 Å². The molecule has 0 saturated carbocycles. The second-order valence-electron chi connectivity index (χ2n) is 5.20. The van der Waals surface area contributed by atoms with Crippen LogP contribution in [0.15, 0.2) is 0 Å². The second kappa shape index (κ2) is 5.49. The van der Waals surface area contributed by atoms with Crippen LogP contribution in [0.25, 0.3) is 0 Å². The second-order valence-corrected chi connectivity index (χ2v) is 5.20. The van der Waals surface area contributed by atoms with E-state index < -0.39 is 18.1 Å². The number of carbonyl (C=O) groups excluding carboxylic acids is 1. The van der Waals surface area contributed by atoms with Crippen molar-refractivity contribution in [3.05, 3.63) is 0 Å². The standard InChI is InChI=1S/C12H22N2O3/c1-7(2)9(13)11(15)14-6-4-5-8(3)10(14)12(16)17/h7-10H,4-6,13H2,1-3H3,(H,16,17)/t8?,9-,10?/m1/s1. The molecule has 1 rings (SSSR count). The molecule has 5 nitrogen and oxygen atoms in total. The molecule has 3 atom stereocenters. The van der Waals surface area contributed by atoms with Crippen molar-refractivity contribution >= 4 is 11.9 Å². The van der Waals surface area contributed by atoms with Crippen LogP contribution in [-0.4, -0.2) is 40.5 Å². The Morgan fingerprint density at radius 2 is 2.00 bits per heavy atom. The Labute approximate surface area is 102 Å². The fourth-order valence-corrected chi connectivity index (χ4v) is 2.29. The van der Waals surface area contributed by atoms with Crippen LogP contribution in [0.1, 0.15) is 33.6 Å². The Kier molecular flexibility index (Phi) is 4.51. The van der Waals surface area contributed by atoms with E-state index in [1.54, 1.807) is 0 Å². The maximum Gasteiger partial charge on any atom is 0.326 e. The maximum atomic E-state index is 12.1. The third-order valence-electron chi connectivity index (χ3n) is 3.47. The monoisotopic (exact) mass is 242 g/mol. The highest BCUT2D eigenvalue weighted by molar-refractivity contribution is 5.87. The molecule has 1 heterocycles. The van der Waals surface area contributed by atoms with Crippen LogP contribution in [0.4, 0.5) is 0 Å². The summed E-state index contributed by atoms with van der Waals surface area (Å²) in [6.45, 7) is 6.11. The number of piperidine rings is 1. The van der Waals surface area contributed by atoms with Gasteiger partial charge in [-0.15, -0.1) is 0 Å². The fraction of sp³-hybridized carbons (Fsp3) is 0.833. The summed E-state index contributed by atoms with van der Waals surface area (Å²) in [4.78, 5) is 24.8. The van der Waals surface area contributed by atoms with E-state index in [2.05, 4.69) is 0 Å². The number of carboxylic acids is 1. The van der Waals surface area contributed by atoms with Crippen LogP contribution in [0.5, 0.6) is 0 Å². The van der Waals surface area contributed by atoms with Gasteiger partial charge in [0, 0.05) is 6.54 Å². The van der Waals surface area contributed by atoms with Gasteiger partial charge in [-0.3, -0.25) is 4.79 Å². The van der Waals surface area contributed by atoms with E-state index in [1.807, 2.05) is 20.8 Å². The van der Waals surface area contributed by atoms with Crippen molar-refractivity contribution in [3.8, 4) is 0 Å². The van der Waals surface area contributed by atoms with Gasteiger partial charge in [0.05, 0.1) is 6.04 Å². The van der Waals surface area contributed by atoms with Crippen LogP contribution >= 0.6 is 0 Å². The largest absolute Gasteiger partial charge is 0.480 e. The average molecular weight is 242 g/mol. The number of likely N-dealkylation sites (tertiary alicyclic amines) is 1. The molecule has 0 bridgehead atoms. The molecular weight excluding hydrogens is 220 g/mol. The van der Waals surface area contributed by atoms with E-state index in [4.69, 9.17) is 5.73 Å². The molecule has 5 heteroatoms. The molecule has 0 radical (unpaired) electrons. The van der Waals surface area contributed by atoms with E-state index >= 15 is 0 Å². The number of carbonyl (C=O) groups is 2. The molecule has 0 aliphatic carbocycles. The third-order valence-corrected chi connectivity index (χ3v) is 3.47. The Hall–Kier alpha value is -1.10. The number of hydrogen-bond donors (Lipinski definition) is 2. The minimum absolute atomic E-state index is 0.00966. The van der Waals surface area contributed by atoms with Gasteiger partial charge in [0.2, 0.25) is 5.91 Å². The summed E-state index contributed by atoms with van der Waals surface area (Å²) in [6, 6.07) is -1.33. The highest BCUT2D eigenvalue weighted by Gasteiger charge is 2.38. The van der Waals surface area contributed by atoms with Gasteiger partial charge in [0.1, 0.15) is 6.04 Å². The highest BCUT2D eigenvalue weighted by Crippen LogP contribution is 2.24. The zero-order chi connectivity index (χ0) is 13.2. The van der Waals surface area contributed by atoms with Gasteiger partial charge in [0.15, 0.2) is 0 Å². The van der Waals surface area contributed by atoms with Gasteiger partial charge in [-0.1, -0.05) is 20.8 Å². The number of aliphatic carboxylic acids is 1. The molecule has 0 aromatic carbocycles. The molecule has 17 heavy (non-hydrogen) atoms. The van der Waals surface area contributed by atoms with Crippen molar-refractivity contribution in [2.45, 2.75) is 45.7 Å². The van der Waals surface area contributed by atoms with E-state index in [9.17, 15) is 14.7 Å². The average Bonchev–Trinajstić information content (AvgIpc) is 2.25. The summed E-state index contributed by atoms with van der Waals surface area (Å²) < 4.78 is 0. The van der Waals surface area contributed by atoms with Crippen molar-refractivity contribution in [3.63, 3.8) is 0 Å². The summed E-state index contributed by atoms with van der Waals surface area (Å²) in [5.41, 5.74) is 5.81. The van der Waals surface area contributed by atoms with Crippen molar-refractivity contribution in [2.24, 2.45) is 17.6 Å². The third kappa shape index (κ3) is 2.97. The topological polar surface area (TPSA) is 83.6 Å².